The summed E-state index contributed by atoms with van der Waals surface area (Å²) in [7, 11) is 0. The number of carbonyl (C=O) groups is 1. The van der Waals surface area contributed by atoms with Crippen LogP contribution < -0.4 is 5.73 Å². The molecule has 4 aromatic rings. The first-order valence-electron chi connectivity index (χ1n) is 15.1. The minimum absolute atomic E-state index is 0.00275. The van der Waals surface area contributed by atoms with E-state index in [1.165, 1.54) is 36.4 Å². The Kier molecular flexibility index (Phi) is 7.13. The fraction of sp³-hybridized carbons (Fsp3) is 0.394. The Morgan fingerprint density at radius 1 is 1.07 bits per heavy atom. The van der Waals surface area contributed by atoms with Gasteiger partial charge in [0.1, 0.15) is 28.7 Å². The monoisotopic (exact) mass is 618 g/mol. The number of nitrogens with zero attached hydrogens (tertiary/aromatic N) is 5. The molecule has 1 aliphatic carbocycles. The number of amides is 1. The Morgan fingerprint density at radius 3 is 2.42 bits per heavy atom. The standard InChI is InChI=1S/C33H30F4N6O2/c34-26-11-17(2-3-19(26)15-38)24-10-18(32(44)43-21-5-6-22(43)13-20(39)12-21)4-7-23(24)25-14-27-30(28(29(25)35)31(36)37)42(41-40-27)16-33(45)8-1-9-33/h2-4,7,10-11,14,20-22,31,45H,1,5-6,8-9,12-13,16,39H2/t20-,21+,22-. The predicted octanol–water partition coefficient (Wildman–Crippen LogP) is 5.86. The topological polar surface area (TPSA) is 121 Å². The molecule has 1 aromatic heterocycles. The van der Waals surface area contributed by atoms with Gasteiger partial charge in [-0.25, -0.2) is 22.2 Å². The third kappa shape index (κ3) is 4.94. The van der Waals surface area contributed by atoms with E-state index in [4.69, 9.17) is 5.73 Å². The highest BCUT2D eigenvalue weighted by Crippen LogP contribution is 2.43. The maximum Gasteiger partial charge on any atom is 0.268 e. The SMILES string of the molecule is N#Cc1ccc(-c2cc(C(=O)N3[C@@H]4CC[C@H]3C[C@@H](N)C4)ccc2-c2cc3nnn(CC4(O)CCC4)c3c(C(F)F)c2F)cc1F. The molecule has 0 radical (unpaired) electrons. The van der Waals surface area contributed by atoms with Crippen molar-refractivity contribution < 1.29 is 27.5 Å². The van der Waals surface area contributed by atoms with Crippen molar-refractivity contribution in [2.75, 3.05) is 0 Å². The average Bonchev–Trinajstić information content (AvgIpc) is 3.51. The van der Waals surface area contributed by atoms with Gasteiger partial charge in [-0.05, 0) is 92.0 Å². The van der Waals surface area contributed by atoms with Crippen LogP contribution in [0.5, 0.6) is 0 Å². The molecule has 3 aromatic carbocycles. The van der Waals surface area contributed by atoms with E-state index in [1.807, 2.05) is 4.90 Å². The second kappa shape index (κ2) is 10.9. The molecule has 1 saturated carbocycles. The van der Waals surface area contributed by atoms with E-state index in [0.717, 1.165) is 30.0 Å². The van der Waals surface area contributed by atoms with Crippen LogP contribution in [0.3, 0.4) is 0 Å². The van der Waals surface area contributed by atoms with E-state index in [2.05, 4.69) is 10.3 Å². The van der Waals surface area contributed by atoms with E-state index in [9.17, 15) is 28.3 Å². The number of fused-ring (bicyclic) bond motifs is 3. The van der Waals surface area contributed by atoms with Gasteiger partial charge in [-0.3, -0.25) is 4.79 Å². The van der Waals surface area contributed by atoms with Gasteiger partial charge in [-0.2, -0.15) is 5.26 Å². The van der Waals surface area contributed by atoms with Gasteiger partial charge >= 0.3 is 0 Å². The van der Waals surface area contributed by atoms with Crippen LogP contribution in [0.2, 0.25) is 0 Å². The molecule has 2 aliphatic heterocycles. The van der Waals surface area contributed by atoms with Crippen LogP contribution in [0.4, 0.5) is 17.6 Å². The summed E-state index contributed by atoms with van der Waals surface area (Å²) < 4.78 is 61.4. The summed E-state index contributed by atoms with van der Waals surface area (Å²) >= 11 is 0. The van der Waals surface area contributed by atoms with Gasteiger partial charge < -0.3 is 15.7 Å². The van der Waals surface area contributed by atoms with E-state index < -0.39 is 29.2 Å². The van der Waals surface area contributed by atoms with Gasteiger partial charge in [0.25, 0.3) is 12.3 Å². The molecule has 3 N–H and O–H groups in total. The highest BCUT2D eigenvalue weighted by Gasteiger charge is 2.43. The Labute approximate surface area is 256 Å². The number of halogens is 4. The predicted molar refractivity (Wildman–Crippen MR) is 157 cm³/mol. The second-order valence-corrected chi connectivity index (χ2v) is 12.5. The molecule has 0 unspecified atom stereocenters. The number of nitriles is 1. The number of hydrogen-bond acceptors (Lipinski definition) is 6. The molecule has 3 atom stereocenters. The minimum atomic E-state index is -3.24. The summed E-state index contributed by atoms with van der Waals surface area (Å²) in [4.78, 5) is 15.7. The van der Waals surface area contributed by atoms with Crippen LogP contribution in [-0.4, -0.2) is 54.6 Å². The van der Waals surface area contributed by atoms with Crippen LogP contribution in [0.15, 0.2) is 42.5 Å². The summed E-state index contributed by atoms with van der Waals surface area (Å²) in [6, 6.07) is 11.4. The molecular formula is C33H30F4N6O2. The van der Waals surface area contributed by atoms with Crippen LogP contribution in [0, 0.1) is 23.0 Å². The number of hydrogen-bond donors (Lipinski definition) is 2. The zero-order chi connectivity index (χ0) is 31.6. The number of carbonyl (C=O) groups excluding carboxylic acids is 1. The normalized spacial score (nSPS) is 22.1. The van der Waals surface area contributed by atoms with Gasteiger partial charge in [-0.1, -0.05) is 17.3 Å². The quantitative estimate of drug-likeness (QED) is 0.261. The summed E-state index contributed by atoms with van der Waals surface area (Å²) in [5.41, 5.74) is 4.40. The fourth-order valence-corrected chi connectivity index (χ4v) is 7.30. The smallest absolute Gasteiger partial charge is 0.268 e. The number of nitrogens with two attached hydrogens (primary N) is 1. The third-order valence-corrected chi connectivity index (χ3v) is 9.68. The molecule has 7 rings (SSSR count). The molecule has 0 spiro atoms. The molecule has 3 aliphatic rings. The zero-order valence-electron chi connectivity index (χ0n) is 24.2. The summed E-state index contributed by atoms with van der Waals surface area (Å²) in [6.07, 6.45) is 1.55. The summed E-state index contributed by atoms with van der Waals surface area (Å²) in [5.74, 6) is -2.27. The van der Waals surface area contributed by atoms with Crippen LogP contribution in [0.1, 0.15) is 72.9 Å². The Bertz CT molecular complexity index is 1870. The molecule has 12 heteroatoms. The lowest BCUT2D eigenvalue weighted by molar-refractivity contribution is -0.0493. The summed E-state index contributed by atoms with van der Waals surface area (Å²) in [5, 5.41) is 27.9. The van der Waals surface area contributed by atoms with Gasteiger partial charge in [0.2, 0.25) is 0 Å². The van der Waals surface area contributed by atoms with Crippen molar-refractivity contribution in [1.29, 1.82) is 5.26 Å². The molecular weight excluding hydrogens is 588 g/mol. The van der Waals surface area contributed by atoms with Gasteiger partial charge in [0, 0.05) is 29.3 Å². The maximum absolute atomic E-state index is 16.3. The van der Waals surface area contributed by atoms with Crippen molar-refractivity contribution in [3.63, 3.8) is 0 Å². The number of aliphatic hydroxyl groups is 1. The zero-order valence-corrected chi connectivity index (χ0v) is 24.2. The average molecular weight is 619 g/mol. The highest BCUT2D eigenvalue weighted by atomic mass is 19.3. The molecule has 8 nitrogen and oxygen atoms in total. The largest absolute Gasteiger partial charge is 0.388 e. The van der Waals surface area contributed by atoms with Gasteiger partial charge in [0.05, 0.1) is 23.3 Å². The maximum atomic E-state index is 16.3. The van der Waals surface area contributed by atoms with Crippen molar-refractivity contribution in [2.24, 2.45) is 5.73 Å². The van der Waals surface area contributed by atoms with E-state index in [0.29, 0.717) is 25.7 Å². The first-order valence-corrected chi connectivity index (χ1v) is 15.1. The fourth-order valence-electron chi connectivity index (χ4n) is 7.30. The van der Waals surface area contributed by atoms with Crippen LogP contribution in [-0.2, 0) is 6.54 Å². The van der Waals surface area contributed by atoms with E-state index in [1.54, 1.807) is 6.07 Å². The van der Waals surface area contributed by atoms with E-state index >= 15 is 4.39 Å². The number of benzene rings is 3. The van der Waals surface area contributed by atoms with Crippen molar-refractivity contribution in [2.45, 2.75) is 81.6 Å². The lowest BCUT2D eigenvalue weighted by Gasteiger charge is -2.38. The molecule has 3 fully saturated rings. The highest BCUT2D eigenvalue weighted by molar-refractivity contribution is 5.99. The van der Waals surface area contributed by atoms with Crippen LogP contribution >= 0.6 is 0 Å². The second-order valence-electron chi connectivity index (χ2n) is 12.5. The molecule has 3 heterocycles. The van der Waals surface area contributed by atoms with Crippen molar-refractivity contribution in [1.82, 2.24) is 19.9 Å². The number of piperidine rings is 1. The van der Waals surface area contributed by atoms with Crippen molar-refractivity contribution in [3.8, 4) is 28.3 Å². The van der Waals surface area contributed by atoms with Crippen molar-refractivity contribution >= 4 is 16.9 Å². The van der Waals surface area contributed by atoms with Crippen molar-refractivity contribution in [3.05, 3.63) is 70.8 Å². The van der Waals surface area contributed by atoms with Crippen LogP contribution in [0.25, 0.3) is 33.3 Å². The number of aromatic nitrogens is 3. The Morgan fingerprint density at radius 2 is 1.80 bits per heavy atom. The lowest BCUT2D eigenvalue weighted by atomic mass is 9.80. The third-order valence-electron chi connectivity index (χ3n) is 9.68. The summed E-state index contributed by atoms with van der Waals surface area (Å²) in [6.45, 7) is -0.0992. The lowest BCUT2D eigenvalue weighted by Crippen LogP contribution is -2.50. The van der Waals surface area contributed by atoms with Gasteiger partial charge in [0.15, 0.2) is 0 Å². The molecule has 45 heavy (non-hydrogen) atoms. The molecule has 232 valence electrons. The number of alkyl halides is 2. The van der Waals surface area contributed by atoms with Gasteiger partial charge in [-0.15, -0.1) is 5.10 Å². The first-order chi connectivity index (χ1) is 21.6. The first kappa shape index (κ1) is 29.4. The van der Waals surface area contributed by atoms with E-state index in [-0.39, 0.29) is 75.0 Å². The number of rotatable bonds is 6. The molecule has 1 amide bonds. The minimum Gasteiger partial charge on any atom is -0.388 e. The Hall–Kier alpha value is -4.34. The Balaban J connectivity index is 1.38. The molecule has 2 saturated heterocycles. The molecule has 2 bridgehead atoms.